The third kappa shape index (κ3) is 4.21. The Kier molecular flexibility index (Phi) is 6.31. The third-order valence-electron chi connectivity index (χ3n) is 3.02. The second kappa shape index (κ2) is 7.50. The van der Waals surface area contributed by atoms with Crippen molar-refractivity contribution < 1.29 is 4.79 Å². The second-order valence-corrected chi connectivity index (χ2v) is 4.96. The topological polar surface area (TPSA) is 59.0 Å². The van der Waals surface area contributed by atoms with E-state index in [1.165, 1.54) is 0 Å². The van der Waals surface area contributed by atoms with Crippen molar-refractivity contribution in [3.05, 3.63) is 16.4 Å². The van der Waals surface area contributed by atoms with E-state index in [0.717, 1.165) is 24.2 Å². The van der Waals surface area contributed by atoms with E-state index in [1.54, 1.807) is 4.68 Å². The van der Waals surface area contributed by atoms with Crippen molar-refractivity contribution >= 4 is 17.5 Å². The molecule has 1 atom stereocenters. The van der Waals surface area contributed by atoms with Crippen molar-refractivity contribution in [2.24, 2.45) is 7.05 Å². The van der Waals surface area contributed by atoms with Gasteiger partial charge >= 0.3 is 0 Å². The number of halogens is 1. The fourth-order valence-corrected chi connectivity index (χ4v) is 2.12. The number of amides is 1. The standard InChI is InChI=1S/C13H23ClN4O/c1-5-7-15-13(19)9(3)16-8-11-12(14)10(6-2)17-18(11)4/h9,16H,5-8H2,1-4H3,(H,15,19). The minimum atomic E-state index is -0.248. The Morgan fingerprint density at radius 2 is 2.16 bits per heavy atom. The van der Waals surface area contributed by atoms with Crippen LogP contribution < -0.4 is 10.6 Å². The van der Waals surface area contributed by atoms with Crippen molar-refractivity contribution in [1.82, 2.24) is 20.4 Å². The highest BCUT2D eigenvalue weighted by molar-refractivity contribution is 6.31. The molecule has 0 saturated carbocycles. The van der Waals surface area contributed by atoms with E-state index in [4.69, 9.17) is 11.6 Å². The molecule has 0 bridgehead atoms. The van der Waals surface area contributed by atoms with Crippen LogP contribution in [0.5, 0.6) is 0 Å². The molecule has 0 fully saturated rings. The molecule has 1 aromatic rings. The third-order valence-corrected chi connectivity index (χ3v) is 3.46. The zero-order valence-electron chi connectivity index (χ0n) is 12.1. The predicted molar refractivity (Wildman–Crippen MR) is 77.2 cm³/mol. The average molecular weight is 287 g/mol. The summed E-state index contributed by atoms with van der Waals surface area (Å²) in [5.41, 5.74) is 1.80. The number of carbonyl (C=O) groups is 1. The van der Waals surface area contributed by atoms with Crippen LogP contribution in [0.4, 0.5) is 0 Å². The first-order chi connectivity index (χ1) is 9.01. The lowest BCUT2D eigenvalue weighted by Gasteiger charge is -2.14. The molecule has 5 nitrogen and oxygen atoms in total. The first kappa shape index (κ1) is 16.0. The van der Waals surface area contributed by atoms with Crippen LogP contribution in [0.15, 0.2) is 0 Å². The van der Waals surface area contributed by atoms with Crippen molar-refractivity contribution in [2.45, 2.75) is 46.2 Å². The molecule has 1 aromatic heterocycles. The van der Waals surface area contributed by atoms with Crippen molar-refractivity contribution in [3.8, 4) is 0 Å². The van der Waals surface area contributed by atoms with Crippen LogP contribution in [0, 0.1) is 0 Å². The predicted octanol–water partition coefficient (Wildman–Crippen LogP) is 1.64. The number of nitrogens with one attached hydrogen (secondary N) is 2. The molecule has 0 aliphatic rings. The molecule has 1 heterocycles. The van der Waals surface area contributed by atoms with Gasteiger partial charge in [-0.15, -0.1) is 0 Å². The molecular formula is C13H23ClN4O. The van der Waals surface area contributed by atoms with Crippen molar-refractivity contribution in [2.75, 3.05) is 6.54 Å². The molecule has 1 amide bonds. The van der Waals surface area contributed by atoms with E-state index in [1.807, 2.05) is 27.8 Å². The molecule has 0 radical (unpaired) electrons. The van der Waals surface area contributed by atoms with Gasteiger partial charge in [0.2, 0.25) is 5.91 Å². The maximum Gasteiger partial charge on any atom is 0.236 e. The highest BCUT2D eigenvalue weighted by Gasteiger charge is 2.16. The Balaban J connectivity index is 2.57. The summed E-state index contributed by atoms with van der Waals surface area (Å²) in [7, 11) is 1.86. The van der Waals surface area contributed by atoms with Crippen LogP contribution in [0.25, 0.3) is 0 Å². The Morgan fingerprint density at radius 3 is 2.68 bits per heavy atom. The van der Waals surface area contributed by atoms with Gasteiger partial charge in [0, 0.05) is 20.1 Å². The van der Waals surface area contributed by atoms with Crippen LogP contribution in [0.3, 0.4) is 0 Å². The molecule has 0 spiro atoms. The molecule has 1 unspecified atom stereocenters. The SMILES string of the molecule is CCCNC(=O)C(C)NCc1c(Cl)c(CC)nn1C. The van der Waals surface area contributed by atoms with E-state index in [9.17, 15) is 4.79 Å². The van der Waals surface area contributed by atoms with E-state index in [-0.39, 0.29) is 11.9 Å². The highest BCUT2D eigenvalue weighted by Crippen LogP contribution is 2.20. The number of aromatic nitrogens is 2. The molecule has 0 aliphatic heterocycles. The first-order valence-electron chi connectivity index (χ1n) is 6.72. The van der Waals surface area contributed by atoms with Gasteiger partial charge in [-0.1, -0.05) is 25.4 Å². The summed E-state index contributed by atoms with van der Waals surface area (Å²) in [6.07, 6.45) is 1.74. The molecule has 0 aromatic carbocycles. The number of rotatable bonds is 7. The average Bonchev–Trinajstić information content (AvgIpc) is 2.68. The summed E-state index contributed by atoms with van der Waals surface area (Å²) in [4.78, 5) is 11.7. The van der Waals surface area contributed by atoms with E-state index < -0.39 is 0 Å². The Bertz CT molecular complexity index is 431. The lowest BCUT2D eigenvalue weighted by Crippen LogP contribution is -2.42. The Hall–Kier alpha value is -1.07. The normalized spacial score (nSPS) is 12.5. The zero-order chi connectivity index (χ0) is 14.4. The monoisotopic (exact) mass is 286 g/mol. The summed E-state index contributed by atoms with van der Waals surface area (Å²) < 4.78 is 1.77. The van der Waals surface area contributed by atoms with Crippen LogP contribution in [0.1, 0.15) is 38.6 Å². The number of aryl methyl sites for hydroxylation is 2. The van der Waals surface area contributed by atoms with Gasteiger partial charge in [-0.2, -0.15) is 5.10 Å². The first-order valence-corrected chi connectivity index (χ1v) is 7.10. The maximum atomic E-state index is 11.7. The largest absolute Gasteiger partial charge is 0.355 e. The van der Waals surface area contributed by atoms with Crippen LogP contribution in [-0.4, -0.2) is 28.3 Å². The maximum absolute atomic E-state index is 11.7. The summed E-state index contributed by atoms with van der Waals surface area (Å²) in [5, 5.41) is 11.1. The summed E-state index contributed by atoms with van der Waals surface area (Å²) in [5.74, 6) is 0.0101. The van der Waals surface area contributed by atoms with Gasteiger partial charge in [0.1, 0.15) is 0 Å². The summed E-state index contributed by atoms with van der Waals surface area (Å²) in [6, 6.07) is -0.248. The van der Waals surface area contributed by atoms with Gasteiger partial charge in [0.15, 0.2) is 0 Å². The molecule has 6 heteroatoms. The number of nitrogens with zero attached hydrogens (tertiary/aromatic N) is 2. The van der Waals surface area contributed by atoms with E-state index >= 15 is 0 Å². The van der Waals surface area contributed by atoms with Crippen LogP contribution in [0.2, 0.25) is 5.02 Å². The molecule has 2 N–H and O–H groups in total. The molecule has 0 saturated heterocycles. The van der Waals surface area contributed by atoms with Gasteiger partial charge in [-0.3, -0.25) is 9.48 Å². The Labute approximate surface area is 119 Å². The minimum Gasteiger partial charge on any atom is -0.355 e. The van der Waals surface area contributed by atoms with Gasteiger partial charge in [0.25, 0.3) is 0 Å². The van der Waals surface area contributed by atoms with Gasteiger partial charge in [-0.05, 0) is 19.8 Å². The van der Waals surface area contributed by atoms with Gasteiger partial charge in [-0.25, -0.2) is 0 Å². The summed E-state index contributed by atoms with van der Waals surface area (Å²) >= 11 is 6.25. The smallest absolute Gasteiger partial charge is 0.236 e. The molecule has 108 valence electrons. The van der Waals surface area contributed by atoms with Crippen molar-refractivity contribution in [1.29, 1.82) is 0 Å². The highest BCUT2D eigenvalue weighted by atomic mass is 35.5. The van der Waals surface area contributed by atoms with Crippen LogP contribution >= 0.6 is 11.6 Å². The quantitative estimate of drug-likeness (QED) is 0.801. The lowest BCUT2D eigenvalue weighted by molar-refractivity contribution is -0.122. The fourth-order valence-electron chi connectivity index (χ4n) is 1.76. The molecule has 0 aliphatic carbocycles. The van der Waals surface area contributed by atoms with E-state index in [0.29, 0.717) is 18.1 Å². The molecule has 1 rings (SSSR count). The molecule has 19 heavy (non-hydrogen) atoms. The number of hydrogen-bond donors (Lipinski definition) is 2. The Morgan fingerprint density at radius 1 is 1.47 bits per heavy atom. The zero-order valence-corrected chi connectivity index (χ0v) is 12.8. The second-order valence-electron chi connectivity index (χ2n) is 4.58. The number of carbonyl (C=O) groups excluding carboxylic acids is 1. The van der Waals surface area contributed by atoms with Gasteiger partial charge in [0.05, 0.1) is 22.5 Å². The van der Waals surface area contributed by atoms with E-state index in [2.05, 4.69) is 15.7 Å². The van der Waals surface area contributed by atoms with Gasteiger partial charge < -0.3 is 10.6 Å². The fraction of sp³-hybridized carbons (Fsp3) is 0.692. The summed E-state index contributed by atoms with van der Waals surface area (Å²) in [6.45, 7) is 7.13. The molecular weight excluding hydrogens is 264 g/mol. The van der Waals surface area contributed by atoms with Crippen molar-refractivity contribution in [3.63, 3.8) is 0 Å². The lowest BCUT2D eigenvalue weighted by atomic mass is 10.2. The minimum absolute atomic E-state index is 0.0101. The van der Waals surface area contributed by atoms with Crippen LogP contribution in [-0.2, 0) is 24.8 Å². The number of hydrogen-bond acceptors (Lipinski definition) is 3.